The Balaban J connectivity index is 1.92. The summed E-state index contributed by atoms with van der Waals surface area (Å²) in [5.74, 6) is 0.282. The predicted molar refractivity (Wildman–Crippen MR) is 119 cm³/mol. The number of carbonyl (C=O) groups excluding carboxylic acids is 2. The number of hydrogen-bond acceptors (Lipinski definition) is 4. The van der Waals surface area contributed by atoms with Crippen molar-refractivity contribution >= 4 is 40.6 Å². The second-order valence-electron chi connectivity index (χ2n) is 7.75. The third kappa shape index (κ3) is 4.68. The zero-order valence-electron chi connectivity index (χ0n) is 16.9. The maximum absolute atomic E-state index is 12.8. The minimum atomic E-state index is -0.305. The highest BCUT2D eigenvalue weighted by Crippen LogP contribution is 2.38. The van der Waals surface area contributed by atoms with Crippen molar-refractivity contribution in [1.29, 1.82) is 0 Å². The number of phenols is 1. The molecular formula is C23H24ClNO3S. The van der Waals surface area contributed by atoms with Gasteiger partial charge in [-0.2, -0.15) is 0 Å². The van der Waals surface area contributed by atoms with Crippen molar-refractivity contribution in [2.24, 2.45) is 0 Å². The molecule has 29 heavy (non-hydrogen) atoms. The van der Waals surface area contributed by atoms with Crippen LogP contribution in [-0.2, 0) is 11.3 Å². The number of carbonyl (C=O) groups is 2. The van der Waals surface area contributed by atoms with Gasteiger partial charge in [0.15, 0.2) is 0 Å². The Morgan fingerprint density at radius 3 is 2.10 bits per heavy atom. The molecule has 4 nitrogen and oxygen atoms in total. The van der Waals surface area contributed by atoms with E-state index in [0.717, 1.165) is 34.0 Å². The smallest absolute Gasteiger partial charge is 0.293 e. The standard InChI is InChI=1S/C23H24ClNO3S/c1-13(2)18-9-16(10-19(14(3)4)21(18)26)11-20-22(27)25(23(28)29-20)12-15-5-7-17(24)8-6-15/h5-11,13-14,26H,12H2,1-4H3/b20-11-. The zero-order chi connectivity index (χ0) is 21.3. The second kappa shape index (κ2) is 8.64. The SMILES string of the molecule is CC(C)c1cc(/C=C2\SC(=O)N(Cc3ccc(Cl)cc3)C2=O)cc(C(C)C)c1O. The van der Waals surface area contributed by atoms with Gasteiger partial charge in [-0.15, -0.1) is 0 Å². The maximum Gasteiger partial charge on any atom is 0.293 e. The summed E-state index contributed by atoms with van der Waals surface area (Å²) in [4.78, 5) is 26.9. The lowest BCUT2D eigenvalue weighted by atomic mass is 9.91. The number of phenolic OH excluding ortho intramolecular Hbond substituents is 1. The quantitative estimate of drug-likeness (QED) is 0.549. The highest BCUT2D eigenvalue weighted by atomic mass is 35.5. The van der Waals surface area contributed by atoms with Gasteiger partial charge in [-0.1, -0.05) is 51.4 Å². The number of imide groups is 1. The first-order valence-corrected chi connectivity index (χ1v) is 10.7. The molecule has 0 saturated carbocycles. The van der Waals surface area contributed by atoms with Crippen LogP contribution in [0.5, 0.6) is 5.75 Å². The topological polar surface area (TPSA) is 57.6 Å². The van der Waals surface area contributed by atoms with Crippen LogP contribution in [0.4, 0.5) is 4.79 Å². The summed E-state index contributed by atoms with van der Waals surface area (Å²) in [6.45, 7) is 8.28. The molecule has 0 spiro atoms. The molecule has 1 fully saturated rings. The molecular weight excluding hydrogens is 406 g/mol. The summed E-state index contributed by atoms with van der Waals surface area (Å²) < 4.78 is 0. The fourth-order valence-electron chi connectivity index (χ4n) is 3.23. The highest BCUT2D eigenvalue weighted by Gasteiger charge is 2.35. The van der Waals surface area contributed by atoms with Crippen LogP contribution < -0.4 is 0 Å². The first-order chi connectivity index (χ1) is 13.7. The van der Waals surface area contributed by atoms with Crippen LogP contribution in [0, 0.1) is 0 Å². The van der Waals surface area contributed by atoms with Crippen LogP contribution in [-0.4, -0.2) is 21.2 Å². The molecule has 1 saturated heterocycles. The molecule has 0 unspecified atom stereocenters. The van der Waals surface area contributed by atoms with E-state index in [1.54, 1.807) is 30.3 Å². The summed E-state index contributed by atoms with van der Waals surface area (Å²) in [7, 11) is 0. The van der Waals surface area contributed by atoms with Crippen molar-refractivity contribution in [3.05, 3.63) is 68.6 Å². The van der Waals surface area contributed by atoms with E-state index in [2.05, 4.69) is 0 Å². The first kappa shape index (κ1) is 21.5. The number of benzene rings is 2. The third-order valence-electron chi connectivity index (χ3n) is 4.86. The van der Waals surface area contributed by atoms with E-state index >= 15 is 0 Å². The largest absolute Gasteiger partial charge is 0.507 e. The molecule has 0 aliphatic carbocycles. The molecule has 1 aliphatic heterocycles. The molecule has 2 amide bonds. The van der Waals surface area contributed by atoms with Crippen molar-refractivity contribution < 1.29 is 14.7 Å². The van der Waals surface area contributed by atoms with E-state index in [4.69, 9.17) is 11.6 Å². The van der Waals surface area contributed by atoms with Crippen molar-refractivity contribution in [2.45, 2.75) is 46.1 Å². The van der Waals surface area contributed by atoms with Gasteiger partial charge in [-0.3, -0.25) is 14.5 Å². The summed E-state index contributed by atoms with van der Waals surface area (Å²) >= 11 is 6.84. The van der Waals surface area contributed by atoms with Crippen LogP contribution in [0.2, 0.25) is 5.02 Å². The second-order valence-corrected chi connectivity index (χ2v) is 9.18. The van der Waals surface area contributed by atoms with E-state index in [-0.39, 0.29) is 29.5 Å². The Hall–Kier alpha value is -2.24. The van der Waals surface area contributed by atoms with Crippen LogP contribution in [0.3, 0.4) is 0 Å². The van der Waals surface area contributed by atoms with Gasteiger partial charge < -0.3 is 5.11 Å². The van der Waals surface area contributed by atoms with E-state index in [0.29, 0.717) is 15.7 Å². The lowest BCUT2D eigenvalue weighted by Gasteiger charge is -2.16. The van der Waals surface area contributed by atoms with E-state index in [1.165, 1.54) is 4.90 Å². The molecule has 2 aromatic carbocycles. The normalized spacial score (nSPS) is 16.0. The predicted octanol–water partition coefficient (Wildman–Crippen LogP) is 6.53. The molecule has 3 rings (SSSR count). The van der Waals surface area contributed by atoms with Crippen LogP contribution in [0.15, 0.2) is 41.3 Å². The third-order valence-corrected chi connectivity index (χ3v) is 6.02. The van der Waals surface area contributed by atoms with Gasteiger partial charge in [0.05, 0.1) is 11.4 Å². The first-order valence-electron chi connectivity index (χ1n) is 9.54. The van der Waals surface area contributed by atoms with E-state index in [9.17, 15) is 14.7 Å². The van der Waals surface area contributed by atoms with Gasteiger partial charge in [0.25, 0.3) is 11.1 Å². The maximum atomic E-state index is 12.8. The number of rotatable bonds is 5. The molecule has 1 heterocycles. The Bertz CT molecular complexity index is 951. The molecule has 6 heteroatoms. The summed E-state index contributed by atoms with van der Waals surface area (Å²) in [6, 6.07) is 10.9. The van der Waals surface area contributed by atoms with E-state index in [1.807, 2.05) is 39.8 Å². The van der Waals surface area contributed by atoms with Gasteiger partial charge in [0.2, 0.25) is 0 Å². The van der Waals surface area contributed by atoms with Crippen molar-refractivity contribution in [2.75, 3.05) is 0 Å². The average Bonchev–Trinajstić information content (AvgIpc) is 2.91. The Morgan fingerprint density at radius 1 is 1.03 bits per heavy atom. The zero-order valence-corrected chi connectivity index (χ0v) is 18.5. The summed E-state index contributed by atoms with van der Waals surface area (Å²) in [5, 5.41) is 10.9. The molecule has 152 valence electrons. The fourth-order valence-corrected chi connectivity index (χ4v) is 4.19. The minimum Gasteiger partial charge on any atom is -0.507 e. The van der Waals surface area contributed by atoms with Crippen LogP contribution >= 0.6 is 23.4 Å². The van der Waals surface area contributed by atoms with Gasteiger partial charge in [-0.25, -0.2) is 0 Å². The monoisotopic (exact) mass is 429 g/mol. The number of nitrogens with zero attached hydrogens (tertiary/aromatic N) is 1. The van der Waals surface area contributed by atoms with Gasteiger partial charge in [-0.05, 0) is 76.2 Å². The molecule has 1 N–H and O–H groups in total. The molecule has 0 radical (unpaired) electrons. The van der Waals surface area contributed by atoms with Crippen molar-refractivity contribution in [3.8, 4) is 5.75 Å². The molecule has 2 aromatic rings. The number of halogens is 1. The fraction of sp³-hybridized carbons (Fsp3) is 0.304. The van der Waals surface area contributed by atoms with Gasteiger partial charge in [0.1, 0.15) is 5.75 Å². The van der Waals surface area contributed by atoms with E-state index < -0.39 is 0 Å². The lowest BCUT2D eigenvalue weighted by Crippen LogP contribution is -2.27. The lowest BCUT2D eigenvalue weighted by molar-refractivity contribution is -0.123. The number of hydrogen-bond donors (Lipinski definition) is 1. The van der Waals surface area contributed by atoms with Crippen molar-refractivity contribution in [3.63, 3.8) is 0 Å². The van der Waals surface area contributed by atoms with Crippen LogP contribution in [0.25, 0.3) is 6.08 Å². The summed E-state index contributed by atoms with van der Waals surface area (Å²) in [5.41, 5.74) is 3.32. The summed E-state index contributed by atoms with van der Waals surface area (Å²) in [6.07, 6.45) is 1.74. The molecule has 0 aromatic heterocycles. The minimum absolute atomic E-state index is 0.140. The van der Waals surface area contributed by atoms with Gasteiger partial charge in [0, 0.05) is 5.02 Å². The Labute approximate surface area is 180 Å². The molecule has 0 atom stereocenters. The molecule has 0 bridgehead atoms. The Morgan fingerprint density at radius 2 is 1.59 bits per heavy atom. The highest BCUT2D eigenvalue weighted by molar-refractivity contribution is 8.18. The average molecular weight is 430 g/mol. The number of aromatic hydroxyl groups is 1. The number of amides is 2. The Kier molecular flexibility index (Phi) is 6.39. The van der Waals surface area contributed by atoms with Gasteiger partial charge >= 0.3 is 0 Å². The van der Waals surface area contributed by atoms with Crippen molar-refractivity contribution in [1.82, 2.24) is 4.90 Å². The molecule has 1 aliphatic rings. The number of thioether (sulfide) groups is 1. The van der Waals surface area contributed by atoms with Crippen LogP contribution in [0.1, 0.15) is 61.8 Å².